The van der Waals surface area contributed by atoms with Crippen LogP contribution in [0.1, 0.15) is 15.9 Å². The molecule has 0 spiro atoms. The van der Waals surface area contributed by atoms with Crippen molar-refractivity contribution in [2.75, 3.05) is 0 Å². The summed E-state index contributed by atoms with van der Waals surface area (Å²) in [5.41, 5.74) is 16.8. The molecule has 0 aromatic heterocycles. The highest BCUT2D eigenvalue weighted by Gasteiger charge is 2.00. The van der Waals surface area contributed by atoms with E-state index in [1.807, 2.05) is 6.92 Å². The second kappa shape index (κ2) is 9.22. The molecule has 0 heterocycles. The first-order chi connectivity index (χ1) is 8.65. The van der Waals surface area contributed by atoms with Gasteiger partial charge < -0.3 is 4.84 Å². The Balaban J connectivity index is 0.000000411. The third kappa shape index (κ3) is 6.46. The van der Waals surface area contributed by atoms with Gasteiger partial charge in [-0.15, -0.1) is 0 Å². The molecule has 0 aliphatic carbocycles. The second-order valence-electron chi connectivity index (χ2n) is 2.73. The fourth-order valence-electron chi connectivity index (χ4n) is 0.835. The van der Waals surface area contributed by atoms with Crippen LogP contribution in [0.5, 0.6) is 0 Å². The third-order valence-corrected chi connectivity index (χ3v) is 1.56. The number of carbonyl (C=O) groups excluding carboxylic acids is 2. The molecule has 18 heavy (non-hydrogen) atoms. The van der Waals surface area contributed by atoms with Gasteiger partial charge in [-0.2, -0.15) is 0 Å². The summed E-state index contributed by atoms with van der Waals surface area (Å²) in [6.07, 6.45) is 0. The van der Waals surface area contributed by atoms with Crippen LogP contribution in [0.25, 0.3) is 20.9 Å². The molecule has 1 aromatic carbocycles. The average molecular weight is 248 g/mol. The number of nitrogens with zero attached hydrogens (tertiary/aromatic N) is 6. The topological polar surface area (TPSA) is 141 Å². The lowest BCUT2D eigenvalue weighted by atomic mass is 10.1. The molecule has 0 N–H and O–H groups in total. The first-order valence-electron chi connectivity index (χ1n) is 4.45. The van der Waals surface area contributed by atoms with Crippen molar-refractivity contribution in [2.24, 2.45) is 10.4 Å². The van der Waals surface area contributed by atoms with Crippen molar-refractivity contribution in [3.8, 4) is 0 Å². The van der Waals surface area contributed by atoms with Crippen molar-refractivity contribution in [3.05, 3.63) is 56.3 Å². The van der Waals surface area contributed by atoms with Crippen LogP contribution in [0.15, 0.2) is 34.7 Å². The van der Waals surface area contributed by atoms with Crippen LogP contribution >= 0.6 is 0 Å². The maximum atomic E-state index is 10.9. The summed E-state index contributed by atoms with van der Waals surface area (Å²) in [4.78, 5) is 28.0. The minimum absolute atomic E-state index is 0.0414. The number of benzene rings is 1. The maximum Gasteiger partial charge on any atom is 0.305 e. The van der Waals surface area contributed by atoms with Crippen LogP contribution in [0.2, 0.25) is 0 Å². The standard InChI is InChI=1S/C8H7N3O.CHN3O2/c1-6-2-4-7(5-3-6)8(12)10-11-9;2-3-4-6-1-5/h2-5H,1H3;1H. The highest BCUT2D eigenvalue weighted by Crippen LogP contribution is 2.04. The Morgan fingerprint density at radius 3 is 2.28 bits per heavy atom. The first kappa shape index (κ1) is 15.0. The van der Waals surface area contributed by atoms with Crippen LogP contribution in [-0.2, 0) is 9.63 Å². The van der Waals surface area contributed by atoms with Crippen molar-refractivity contribution >= 4 is 12.4 Å². The van der Waals surface area contributed by atoms with Gasteiger partial charge in [-0.1, -0.05) is 29.8 Å². The fourth-order valence-corrected chi connectivity index (χ4v) is 0.835. The van der Waals surface area contributed by atoms with E-state index in [4.69, 9.17) is 15.9 Å². The highest BCUT2D eigenvalue weighted by molar-refractivity contribution is 5.94. The van der Waals surface area contributed by atoms with E-state index in [-0.39, 0.29) is 6.47 Å². The van der Waals surface area contributed by atoms with Gasteiger partial charge >= 0.3 is 6.47 Å². The van der Waals surface area contributed by atoms with Gasteiger partial charge in [-0.25, -0.2) is 0 Å². The molecular formula is C9H8N6O3. The predicted molar refractivity (Wildman–Crippen MR) is 61.0 cm³/mol. The smallest absolute Gasteiger partial charge is 0.305 e. The lowest BCUT2D eigenvalue weighted by Crippen LogP contribution is -1.91. The first-order valence-corrected chi connectivity index (χ1v) is 4.45. The van der Waals surface area contributed by atoms with Gasteiger partial charge in [0.2, 0.25) is 5.91 Å². The van der Waals surface area contributed by atoms with Crippen LogP contribution < -0.4 is 0 Å². The van der Waals surface area contributed by atoms with Crippen molar-refractivity contribution in [1.82, 2.24) is 0 Å². The predicted octanol–water partition coefficient (Wildman–Crippen LogP) is 2.83. The summed E-state index contributed by atoms with van der Waals surface area (Å²) in [5.74, 6) is -0.544. The van der Waals surface area contributed by atoms with Gasteiger partial charge in [0.1, 0.15) is 5.28 Å². The molecule has 0 bridgehead atoms. The number of hydrogen-bond donors (Lipinski definition) is 0. The lowest BCUT2D eigenvalue weighted by molar-refractivity contribution is -0.128. The van der Waals surface area contributed by atoms with Gasteiger partial charge in [0.15, 0.2) is 0 Å². The number of hydrogen-bond acceptors (Lipinski definition) is 4. The van der Waals surface area contributed by atoms with Crippen LogP contribution in [0, 0.1) is 6.92 Å². The zero-order chi connectivity index (χ0) is 13.8. The van der Waals surface area contributed by atoms with Gasteiger partial charge in [-0.05, 0) is 23.1 Å². The minimum Gasteiger partial charge on any atom is -0.361 e. The largest absolute Gasteiger partial charge is 0.361 e. The SMILES string of the molecule is Cc1ccc(C(=O)N=[N+]=[N-])cc1.[N-]=[N+]=NOC=O. The van der Waals surface area contributed by atoms with E-state index in [1.165, 1.54) is 0 Å². The molecule has 9 heteroatoms. The van der Waals surface area contributed by atoms with Crippen LogP contribution in [-0.4, -0.2) is 12.4 Å². The number of amides is 1. The molecule has 1 amide bonds. The van der Waals surface area contributed by atoms with Crippen molar-refractivity contribution in [1.29, 1.82) is 0 Å². The molecule has 0 unspecified atom stereocenters. The molecule has 0 aliphatic rings. The van der Waals surface area contributed by atoms with E-state index in [0.29, 0.717) is 5.56 Å². The maximum absolute atomic E-state index is 10.9. The Bertz CT molecular complexity index is 500. The minimum atomic E-state index is -0.544. The number of carbonyl (C=O) groups is 2. The molecule has 0 fully saturated rings. The quantitative estimate of drug-likeness (QED) is 0.267. The zero-order valence-electron chi connectivity index (χ0n) is 9.29. The van der Waals surface area contributed by atoms with E-state index in [2.05, 4.69) is 25.1 Å². The molecule has 0 saturated carbocycles. The molecule has 0 aliphatic heterocycles. The summed E-state index contributed by atoms with van der Waals surface area (Å²) < 4.78 is 0. The summed E-state index contributed by atoms with van der Waals surface area (Å²) in [6, 6.07) is 6.85. The van der Waals surface area contributed by atoms with Crippen molar-refractivity contribution in [3.63, 3.8) is 0 Å². The number of rotatable bonds is 3. The molecule has 0 atom stereocenters. The van der Waals surface area contributed by atoms with Gasteiger partial charge in [0.05, 0.1) is 0 Å². The Morgan fingerprint density at radius 1 is 1.28 bits per heavy atom. The van der Waals surface area contributed by atoms with E-state index in [0.717, 1.165) is 5.56 Å². The Morgan fingerprint density at radius 2 is 1.89 bits per heavy atom. The lowest BCUT2D eigenvalue weighted by Gasteiger charge is -1.93. The fraction of sp³-hybridized carbons (Fsp3) is 0.111. The molecule has 0 radical (unpaired) electrons. The molecule has 92 valence electrons. The summed E-state index contributed by atoms with van der Waals surface area (Å²) >= 11 is 0. The summed E-state index contributed by atoms with van der Waals surface area (Å²) in [5, 5.41) is 5.37. The van der Waals surface area contributed by atoms with Crippen LogP contribution in [0.3, 0.4) is 0 Å². The van der Waals surface area contributed by atoms with Gasteiger partial charge in [0.25, 0.3) is 0 Å². The summed E-state index contributed by atoms with van der Waals surface area (Å²) in [6.45, 7) is 1.96. The number of aryl methyl sites for hydroxylation is 1. The Kier molecular flexibility index (Phi) is 7.68. The monoisotopic (exact) mass is 248 g/mol. The van der Waals surface area contributed by atoms with E-state index < -0.39 is 5.91 Å². The van der Waals surface area contributed by atoms with E-state index in [9.17, 15) is 4.79 Å². The summed E-state index contributed by atoms with van der Waals surface area (Å²) in [7, 11) is 0. The molecule has 9 nitrogen and oxygen atoms in total. The van der Waals surface area contributed by atoms with Gasteiger partial charge in [-0.3, -0.25) is 9.59 Å². The van der Waals surface area contributed by atoms with E-state index in [1.54, 1.807) is 24.3 Å². The van der Waals surface area contributed by atoms with Crippen molar-refractivity contribution < 1.29 is 14.4 Å². The van der Waals surface area contributed by atoms with Crippen LogP contribution in [0.4, 0.5) is 0 Å². The van der Waals surface area contributed by atoms with E-state index >= 15 is 0 Å². The normalized spacial score (nSPS) is 7.61. The average Bonchev–Trinajstić information content (AvgIpc) is 2.38. The molecule has 1 rings (SSSR count). The molecule has 0 saturated heterocycles. The second-order valence-corrected chi connectivity index (χ2v) is 2.73. The zero-order valence-corrected chi connectivity index (χ0v) is 9.29. The van der Waals surface area contributed by atoms with Gasteiger partial charge in [0, 0.05) is 15.4 Å². The molecular weight excluding hydrogens is 240 g/mol. The Labute approximate surface area is 101 Å². The third-order valence-electron chi connectivity index (χ3n) is 1.56. The Hall–Kier alpha value is -3.02. The van der Waals surface area contributed by atoms with Crippen molar-refractivity contribution in [2.45, 2.75) is 6.92 Å². The highest BCUT2D eigenvalue weighted by atomic mass is 16.7. The molecule has 1 aromatic rings. The number of azide groups is 2.